The van der Waals surface area contributed by atoms with Gasteiger partial charge in [0.25, 0.3) is 11.6 Å². The summed E-state index contributed by atoms with van der Waals surface area (Å²) in [7, 11) is 0. The third-order valence-electron chi connectivity index (χ3n) is 5.42. The number of nitrogens with one attached hydrogen (secondary N) is 2. The number of carbonyl (C=O) groups is 1. The second-order valence-electron chi connectivity index (χ2n) is 7.82. The van der Waals surface area contributed by atoms with Crippen LogP contribution in [-0.2, 0) is 0 Å². The third kappa shape index (κ3) is 3.15. The molecule has 6 heteroatoms. The number of amides is 1. The minimum absolute atomic E-state index is 0.0417. The van der Waals surface area contributed by atoms with E-state index in [1.165, 1.54) is 0 Å². The topological polar surface area (TPSA) is 80.0 Å². The fourth-order valence-electron chi connectivity index (χ4n) is 3.58. The first-order valence-corrected chi connectivity index (χ1v) is 9.36. The maximum atomic E-state index is 13.1. The summed E-state index contributed by atoms with van der Waals surface area (Å²) in [5, 5.41) is 11.5. The first-order valence-electron chi connectivity index (χ1n) is 9.36. The Bertz CT molecular complexity index is 794. The summed E-state index contributed by atoms with van der Waals surface area (Å²) in [5.41, 5.74) is 2.92. The van der Waals surface area contributed by atoms with Gasteiger partial charge in [-0.2, -0.15) is 0 Å². The van der Waals surface area contributed by atoms with Crippen molar-refractivity contribution in [2.75, 3.05) is 13.1 Å². The SMILES string of the molecule is CC(C)c1noc2nc(C3CC3)cc(C(=O)NC3CNCCC3C)c12. The van der Waals surface area contributed by atoms with Gasteiger partial charge in [0.15, 0.2) is 0 Å². The highest BCUT2D eigenvalue weighted by molar-refractivity contribution is 6.06. The molecule has 1 aliphatic heterocycles. The number of piperidine rings is 1. The Kier molecular flexibility index (Phi) is 4.23. The Morgan fingerprint density at radius 2 is 2.16 bits per heavy atom. The van der Waals surface area contributed by atoms with E-state index in [9.17, 15) is 4.79 Å². The molecular formula is C19H26N4O2. The summed E-state index contributed by atoms with van der Waals surface area (Å²) >= 11 is 0. The zero-order chi connectivity index (χ0) is 17.6. The van der Waals surface area contributed by atoms with Gasteiger partial charge in [0.2, 0.25) is 0 Å². The van der Waals surface area contributed by atoms with E-state index in [4.69, 9.17) is 4.52 Å². The van der Waals surface area contributed by atoms with E-state index in [1.54, 1.807) is 0 Å². The predicted molar refractivity (Wildman–Crippen MR) is 95.8 cm³/mol. The maximum absolute atomic E-state index is 13.1. The van der Waals surface area contributed by atoms with Crippen molar-refractivity contribution >= 4 is 17.0 Å². The van der Waals surface area contributed by atoms with Gasteiger partial charge in [-0.15, -0.1) is 0 Å². The average molecular weight is 342 g/mol. The van der Waals surface area contributed by atoms with Gasteiger partial charge < -0.3 is 15.2 Å². The molecule has 0 radical (unpaired) electrons. The fraction of sp³-hybridized carbons (Fsp3) is 0.632. The molecule has 134 valence electrons. The van der Waals surface area contributed by atoms with Gasteiger partial charge in [0.05, 0.1) is 16.6 Å². The van der Waals surface area contributed by atoms with Crippen molar-refractivity contribution in [1.82, 2.24) is 20.8 Å². The summed E-state index contributed by atoms with van der Waals surface area (Å²) < 4.78 is 5.48. The van der Waals surface area contributed by atoms with E-state index in [0.29, 0.717) is 23.1 Å². The van der Waals surface area contributed by atoms with Gasteiger partial charge in [0, 0.05) is 24.2 Å². The van der Waals surface area contributed by atoms with Crippen LogP contribution in [0.25, 0.3) is 11.1 Å². The first-order chi connectivity index (χ1) is 12.0. The fourth-order valence-corrected chi connectivity index (χ4v) is 3.58. The molecule has 2 fully saturated rings. The van der Waals surface area contributed by atoms with Gasteiger partial charge in [-0.1, -0.05) is 25.9 Å². The van der Waals surface area contributed by atoms with Crippen molar-refractivity contribution in [3.63, 3.8) is 0 Å². The predicted octanol–water partition coefficient (Wildman–Crippen LogP) is 2.95. The average Bonchev–Trinajstić information content (AvgIpc) is 3.35. The molecule has 2 unspecified atom stereocenters. The van der Waals surface area contributed by atoms with E-state index in [-0.39, 0.29) is 17.9 Å². The number of hydrogen-bond acceptors (Lipinski definition) is 5. The largest absolute Gasteiger partial charge is 0.348 e. The lowest BCUT2D eigenvalue weighted by Gasteiger charge is -2.30. The van der Waals surface area contributed by atoms with Crippen LogP contribution < -0.4 is 10.6 Å². The summed E-state index contributed by atoms with van der Waals surface area (Å²) in [6.07, 6.45) is 3.34. The molecule has 2 N–H and O–H groups in total. The molecule has 2 aromatic rings. The lowest BCUT2D eigenvalue weighted by atomic mass is 9.94. The molecule has 1 saturated carbocycles. The standard InChI is InChI=1S/C19H26N4O2/c1-10(2)17-16-13(18(24)21-15-9-20-7-6-11(15)3)8-14(12-4-5-12)22-19(16)25-23-17/h8,10-12,15,20H,4-7,9H2,1-3H3,(H,21,24). The number of nitrogens with zero attached hydrogens (tertiary/aromatic N) is 2. The molecule has 1 saturated heterocycles. The Balaban J connectivity index is 1.72. The van der Waals surface area contributed by atoms with Crippen LogP contribution >= 0.6 is 0 Å². The maximum Gasteiger partial charge on any atom is 0.259 e. The normalized spacial score (nSPS) is 24.0. The van der Waals surface area contributed by atoms with E-state index in [0.717, 1.165) is 49.1 Å². The van der Waals surface area contributed by atoms with Crippen LogP contribution in [0.2, 0.25) is 0 Å². The van der Waals surface area contributed by atoms with Crippen molar-refractivity contribution < 1.29 is 9.32 Å². The molecule has 1 aliphatic carbocycles. The highest BCUT2D eigenvalue weighted by Crippen LogP contribution is 2.41. The highest BCUT2D eigenvalue weighted by atomic mass is 16.5. The van der Waals surface area contributed by atoms with E-state index < -0.39 is 0 Å². The van der Waals surface area contributed by atoms with Crippen molar-refractivity contribution in [2.45, 2.75) is 57.9 Å². The number of fused-ring (bicyclic) bond motifs is 1. The van der Waals surface area contributed by atoms with Crippen LogP contribution in [0.3, 0.4) is 0 Å². The summed E-state index contributed by atoms with van der Waals surface area (Å²) in [6, 6.07) is 2.11. The van der Waals surface area contributed by atoms with Gasteiger partial charge in [-0.3, -0.25) is 4.79 Å². The lowest BCUT2D eigenvalue weighted by molar-refractivity contribution is 0.0916. The second-order valence-corrected chi connectivity index (χ2v) is 7.82. The van der Waals surface area contributed by atoms with Crippen LogP contribution in [0.15, 0.2) is 10.6 Å². The number of rotatable bonds is 4. The third-order valence-corrected chi connectivity index (χ3v) is 5.42. The van der Waals surface area contributed by atoms with E-state index in [2.05, 4.69) is 41.5 Å². The van der Waals surface area contributed by atoms with Gasteiger partial charge in [-0.05, 0) is 43.7 Å². The minimum atomic E-state index is -0.0417. The molecule has 0 spiro atoms. The van der Waals surface area contributed by atoms with Gasteiger partial charge >= 0.3 is 0 Å². The quantitative estimate of drug-likeness (QED) is 0.893. The molecule has 2 atom stereocenters. The Morgan fingerprint density at radius 1 is 1.36 bits per heavy atom. The Morgan fingerprint density at radius 3 is 2.84 bits per heavy atom. The molecule has 25 heavy (non-hydrogen) atoms. The number of carbonyl (C=O) groups excluding carboxylic acids is 1. The Labute approximate surface area is 147 Å². The van der Waals surface area contributed by atoms with E-state index in [1.807, 2.05) is 6.07 Å². The zero-order valence-electron chi connectivity index (χ0n) is 15.1. The van der Waals surface area contributed by atoms with Crippen molar-refractivity contribution in [3.8, 4) is 0 Å². The highest BCUT2D eigenvalue weighted by Gasteiger charge is 2.31. The van der Waals surface area contributed by atoms with E-state index >= 15 is 0 Å². The van der Waals surface area contributed by atoms with Crippen LogP contribution in [0.4, 0.5) is 0 Å². The summed E-state index contributed by atoms with van der Waals surface area (Å²) in [4.78, 5) is 17.7. The van der Waals surface area contributed by atoms with Crippen LogP contribution in [0.1, 0.15) is 73.6 Å². The van der Waals surface area contributed by atoms with Crippen LogP contribution in [-0.4, -0.2) is 35.2 Å². The number of pyridine rings is 1. The molecular weight excluding hydrogens is 316 g/mol. The van der Waals surface area contributed by atoms with Crippen molar-refractivity contribution in [1.29, 1.82) is 0 Å². The molecule has 0 aromatic carbocycles. The first kappa shape index (κ1) is 16.5. The molecule has 4 rings (SSSR count). The summed E-state index contributed by atoms with van der Waals surface area (Å²) in [6.45, 7) is 8.14. The smallest absolute Gasteiger partial charge is 0.259 e. The Hall–Kier alpha value is -1.95. The summed E-state index contributed by atoms with van der Waals surface area (Å²) in [5.74, 6) is 1.06. The van der Waals surface area contributed by atoms with Crippen LogP contribution in [0, 0.1) is 5.92 Å². The zero-order valence-corrected chi connectivity index (χ0v) is 15.1. The van der Waals surface area contributed by atoms with Crippen molar-refractivity contribution in [3.05, 3.63) is 23.0 Å². The molecule has 0 bridgehead atoms. The van der Waals surface area contributed by atoms with Gasteiger partial charge in [-0.25, -0.2) is 4.98 Å². The lowest BCUT2D eigenvalue weighted by Crippen LogP contribution is -2.50. The van der Waals surface area contributed by atoms with Crippen LogP contribution in [0.5, 0.6) is 0 Å². The second kappa shape index (κ2) is 6.41. The number of hydrogen-bond donors (Lipinski definition) is 2. The molecule has 6 nitrogen and oxygen atoms in total. The number of aromatic nitrogens is 2. The minimum Gasteiger partial charge on any atom is -0.348 e. The van der Waals surface area contributed by atoms with Gasteiger partial charge in [0.1, 0.15) is 0 Å². The molecule has 1 amide bonds. The molecule has 2 aliphatic rings. The van der Waals surface area contributed by atoms with Crippen molar-refractivity contribution in [2.24, 2.45) is 5.92 Å². The molecule has 2 aromatic heterocycles. The molecule has 3 heterocycles. The monoisotopic (exact) mass is 342 g/mol.